The number of tetrazole rings is 1. The Morgan fingerprint density at radius 2 is 1.93 bits per heavy atom. The molecule has 0 bridgehead atoms. The third-order valence-electron chi connectivity index (χ3n) is 5.95. The number of amides is 1. The number of hydrogen-bond donors (Lipinski definition) is 1. The lowest BCUT2D eigenvalue weighted by Gasteiger charge is -2.38. The van der Waals surface area contributed by atoms with E-state index in [4.69, 9.17) is 0 Å². The fourth-order valence-electron chi connectivity index (χ4n) is 4.35. The number of aliphatic hydroxyl groups excluding tert-OH is 1. The van der Waals surface area contributed by atoms with E-state index < -0.39 is 0 Å². The molecule has 1 amide bonds. The van der Waals surface area contributed by atoms with Crippen LogP contribution in [0.25, 0.3) is 0 Å². The molecule has 0 saturated heterocycles. The Labute approximate surface area is 166 Å². The van der Waals surface area contributed by atoms with Gasteiger partial charge in [0, 0.05) is 31.8 Å². The highest BCUT2D eigenvalue weighted by Gasteiger charge is 2.30. The molecule has 2 aliphatic carbocycles. The fourth-order valence-corrected chi connectivity index (χ4v) is 5.14. The highest BCUT2D eigenvalue weighted by atomic mass is 32.2. The van der Waals surface area contributed by atoms with Gasteiger partial charge in [0.1, 0.15) is 0 Å². The SMILES string of the molecule is Cn1nnnc1SCCCC(=O)N(CC1CCCCC1)C1CCC(O)CC1. The summed E-state index contributed by atoms with van der Waals surface area (Å²) in [6, 6.07) is 0.318. The van der Waals surface area contributed by atoms with Gasteiger partial charge in [-0.15, -0.1) is 5.10 Å². The van der Waals surface area contributed by atoms with E-state index in [-0.39, 0.29) is 6.10 Å². The first kappa shape index (κ1) is 20.6. The highest BCUT2D eigenvalue weighted by Crippen LogP contribution is 2.29. The van der Waals surface area contributed by atoms with Crippen LogP contribution in [0.5, 0.6) is 0 Å². The third-order valence-corrected chi connectivity index (χ3v) is 7.05. The van der Waals surface area contributed by atoms with Crippen LogP contribution in [0.15, 0.2) is 5.16 Å². The number of hydrogen-bond acceptors (Lipinski definition) is 6. The quantitative estimate of drug-likeness (QED) is 0.538. The zero-order chi connectivity index (χ0) is 19.1. The number of rotatable bonds is 8. The van der Waals surface area contributed by atoms with Crippen molar-refractivity contribution in [3.63, 3.8) is 0 Å². The molecular formula is C19H33N5O2S. The zero-order valence-corrected chi connectivity index (χ0v) is 17.2. The Bertz CT molecular complexity index is 582. The lowest BCUT2D eigenvalue weighted by Crippen LogP contribution is -2.45. The van der Waals surface area contributed by atoms with E-state index in [1.807, 2.05) is 7.05 Å². The van der Waals surface area contributed by atoms with E-state index in [0.29, 0.717) is 24.3 Å². The maximum absolute atomic E-state index is 13.0. The van der Waals surface area contributed by atoms with Crippen LogP contribution in [0.4, 0.5) is 0 Å². The zero-order valence-electron chi connectivity index (χ0n) is 16.4. The minimum atomic E-state index is -0.177. The smallest absolute Gasteiger partial charge is 0.222 e. The fraction of sp³-hybridized carbons (Fsp3) is 0.895. The number of carbonyl (C=O) groups is 1. The summed E-state index contributed by atoms with van der Waals surface area (Å²) in [7, 11) is 1.83. The summed E-state index contributed by atoms with van der Waals surface area (Å²) in [6.07, 6.45) is 11.3. The molecule has 1 heterocycles. The minimum absolute atomic E-state index is 0.177. The first-order chi connectivity index (χ1) is 13.1. The predicted molar refractivity (Wildman–Crippen MR) is 105 cm³/mol. The van der Waals surface area contributed by atoms with E-state index in [0.717, 1.165) is 49.6 Å². The molecular weight excluding hydrogens is 362 g/mol. The molecule has 3 rings (SSSR count). The summed E-state index contributed by atoms with van der Waals surface area (Å²) >= 11 is 1.60. The summed E-state index contributed by atoms with van der Waals surface area (Å²) in [5.41, 5.74) is 0. The van der Waals surface area contributed by atoms with Crippen molar-refractivity contribution in [1.29, 1.82) is 0 Å². The van der Waals surface area contributed by atoms with Gasteiger partial charge in [-0.2, -0.15) is 0 Å². The van der Waals surface area contributed by atoms with Gasteiger partial charge in [-0.25, -0.2) is 4.68 Å². The van der Waals surface area contributed by atoms with Crippen molar-refractivity contribution in [3.05, 3.63) is 0 Å². The number of aromatic nitrogens is 4. The molecule has 1 aromatic rings. The molecule has 2 aliphatic rings. The summed E-state index contributed by atoms with van der Waals surface area (Å²) in [6.45, 7) is 0.917. The van der Waals surface area contributed by atoms with Crippen LogP contribution in [0.2, 0.25) is 0 Å². The molecule has 0 spiro atoms. The van der Waals surface area contributed by atoms with Crippen LogP contribution in [-0.2, 0) is 11.8 Å². The van der Waals surface area contributed by atoms with Crippen molar-refractivity contribution in [2.75, 3.05) is 12.3 Å². The van der Waals surface area contributed by atoms with E-state index in [2.05, 4.69) is 20.4 Å². The molecule has 0 aliphatic heterocycles. The number of thioether (sulfide) groups is 1. The second kappa shape index (κ2) is 10.4. The lowest BCUT2D eigenvalue weighted by molar-refractivity contribution is -0.135. The summed E-state index contributed by atoms with van der Waals surface area (Å²) < 4.78 is 1.66. The Balaban J connectivity index is 1.50. The average molecular weight is 396 g/mol. The van der Waals surface area contributed by atoms with E-state index in [9.17, 15) is 9.90 Å². The normalized spacial score (nSPS) is 24.1. The predicted octanol–water partition coefficient (Wildman–Crippen LogP) is 2.79. The van der Waals surface area contributed by atoms with Crippen molar-refractivity contribution in [3.8, 4) is 0 Å². The van der Waals surface area contributed by atoms with Crippen LogP contribution in [0.3, 0.4) is 0 Å². The van der Waals surface area contributed by atoms with Gasteiger partial charge in [-0.1, -0.05) is 31.0 Å². The van der Waals surface area contributed by atoms with Crippen LogP contribution < -0.4 is 0 Å². The van der Waals surface area contributed by atoms with Gasteiger partial charge in [0.15, 0.2) is 0 Å². The molecule has 0 radical (unpaired) electrons. The number of carbonyl (C=O) groups excluding carboxylic acids is 1. The molecule has 0 atom stereocenters. The number of aliphatic hydroxyl groups is 1. The van der Waals surface area contributed by atoms with Crippen LogP contribution in [0.1, 0.15) is 70.6 Å². The minimum Gasteiger partial charge on any atom is -0.393 e. The highest BCUT2D eigenvalue weighted by molar-refractivity contribution is 7.99. The Hall–Kier alpha value is -1.15. The molecule has 27 heavy (non-hydrogen) atoms. The standard InChI is InChI=1S/C19H33N5O2S/c1-23-19(20-21-22-23)27-13-5-8-18(26)24(14-15-6-3-2-4-7-15)16-9-11-17(25)12-10-16/h15-17,25H,2-14H2,1H3. The molecule has 0 aromatic carbocycles. The van der Waals surface area contributed by atoms with Crippen LogP contribution in [0, 0.1) is 5.92 Å². The Kier molecular flexibility index (Phi) is 7.93. The monoisotopic (exact) mass is 395 g/mol. The molecule has 1 N–H and O–H groups in total. The topological polar surface area (TPSA) is 84.1 Å². The first-order valence-electron chi connectivity index (χ1n) is 10.5. The summed E-state index contributed by atoms with van der Waals surface area (Å²) in [5.74, 6) is 1.80. The van der Waals surface area contributed by atoms with E-state index in [1.54, 1.807) is 16.4 Å². The molecule has 8 heteroatoms. The van der Waals surface area contributed by atoms with Crippen molar-refractivity contribution in [1.82, 2.24) is 25.1 Å². The van der Waals surface area contributed by atoms with Gasteiger partial charge >= 0.3 is 0 Å². The van der Waals surface area contributed by atoms with Crippen molar-refractivity contribution in [2.24, 2.45) is 13.0 Å². The van der Waals surface area contributed by atoms with Crippen LogP contribution >= 0.6 is 11.8 Å². The van der Waals surface area contributed by atoms with E-state index >= 15 is 0 Å². The van der Waals surface area contributed by atoms with Gasteiger partial charge in [0.2, 0.25) is 11.1 Å². The molecule has 1 aromatic heterocycles. The van der Waals surface area contributed by atoms with Crippen molar-refractivity contribution in [2.45, 2.75) is 87.9 Å². The van der Waals surface area contributed by atoms with Crippen molar-refractivity contribution < 1.29 is 9.90 Å². The largest absolute Gasteiger partial charge is 0.393 e. The average Bonchev–Trinajstić information content (AvgIpc) is 3.09. The molecule has 2 saturated carbocycles. The van der Waals surface area contributed by atoms with Crippen molar-refractivity contribution >= 4 is 17.7 Å². The second-order valence-corrected chi connectivity index (χ2v) is 9.11. The molecule has 2 fully saturated rings. The van der Waals surface area contributed by atoms with E-state index in [1.165, 1.54) is 32.1 Å². The Morgan fingerprint density at radius 1 is 1.19 bits per heavy atom. The van der Waals surface area contributed by atoms with Gasteiger partial charge in [-0.3, -0.25) is 4.79 Å². The first-order valence-corrected chi connectivity index (χ1v) is 11.4. The third kappa shape index (κ3) is 6.17. The molecule has 152 valence electrons. The number of nitrogens with zero attached hydrogens (tertiary/aromatic N) is 5. The maximum atomic E-state index is 13.0. The van der Waals surface area contributed by atoms with Gasteiger partial charge in [0.05, 0.1) is 6.10 Å². The van der Waals surface area contributed by atoms with Gasteiger partial charge in [0.25, 0.3) is 0 Å². The summed E-state index contributed by atoms with van der Waals surface area (Å²) in [4.78, 5) is 15.2. The summed E-state index contributed by atoms with van der Waals surface area (Å²) in [5, 5.41) is 22.1. The maximum Gasteiger partial charge on any atom is 0.222 e. The second-order valence-electron chi connectivity index (χ2n) is 8.05. The van der Waals surface area contributed by atoms with Gasteiger partial charge < -0.3 is 10.0 Å². The van der Waals surface area contributed by atoms with Crippen LogP contribution in [-0.4, -0.2) is 60.6 Å². The number of aryl methyl sites for hydroxylation is 1. The van der Waals surface area contributed by atoms with Gasteiger partial charge in [-0.05, 0) is 61.3 Å². The molecule has 0 unspecified atom stereocenters. The lowest BCUT2D eigenvalue weighted by atomic mass is 9.86. The molecule has 7 nitrogen and oxygen atoms in total. The Morgan fingerprint density at radius 3 is 2.59 bits per heavy atom.